The van der Waals surface area contributed by atoms with Crippen LogP contribution in [0.3, 0.4) is 0 Å². The zero-order valence-electron chi connectivity index (χ0n) is 8.68. The predicted octanol–water partition coefficient (Wildman–Crippen LogP) is 3.54. The lowest BCUT2D eigenvalue weighted by Crippen LogP contribution is -2.25. The third kappa shape index (κ3) is 3.44. The van der Waals surface area contributed by atoms with E-state index in [4.69, 9.17) is 4.43 Å². The van der Waals surface area contributed by atoms with Crippen molar-refractivity contribution in [3.8, 4) is 0 Å². The minimum absolute atomic E-state index is 0.727. The van der Waals surface area contributed by atoms with E-state index < -0.39 is 8.32 Å². The van der Waals surface area contributed by atoms with Gasteiger partial charge in [-0.15, -0.1) is 0 Å². The Labute approximate surface area is 76.9 Å². The molecule has 1 rings (SSSR count). The van der Waals surface area contributed by atoms with Crippen molar-refractivity contribution in [3.63, 3.8) is 0 Å². The topological polar surface area (TPSA) is 9.23 Å². The Balaban J connectivity index is 2.52. The van der Waals surface area contributed by atoms with Gasteiger partial charge in [-0.3, -0.25) is 0 Å². The Kier molecular flexibility index (Phi) is 2.99. The summed E-state index contributed by atoms with van der Waals surface area (Å²) in [5, 5.41) is 0. The minimum Gasteiger partial charge on any atom is -0.548 e. The van der Waals surface area contributed by atoms with Crippen LogP contribution in [0.2, 0.25) is 19.6 Å². The molecular weight excluding hydrogens is 164 g/mol. The lowest BCUT2D eigenvalue weighted by atomic mass is 9.97. The molecular formula is C10H20OSi. The van der Waals surface area contributed by atoms with Crippen molar-refractivity contribution in [1.29, 1.82) is 0 Å². The summed E-state index contributed by atoms with van der Waals surface area (Å²) in [6.07, 6.45) is 6.10. The lowest BCUT2D eigenvalue weighted by molar-refractivity contribution is 0.363. The van der Waals surface area contributed by atoms with Gasteiger partial charge in [-0.2, -0.15) is 0 Å². The highest BCUT2D eigenvalue weighted by atomic mass is 28.4. The summed E-state index contributed by atoms with van der Waals surface area (Å²) in [5.74, 6) is 1.98. The highest BCUT2D eigenvalue weighted by molar-refractivity contribution is 6.70. The average Bonchev–Trinajstić information content (AvgIpc) is 1.82. The third-order valence-corrected chi connectivity index (χ3v) is 2.86. The van der Waals surface area contributed by atoms with E-state index in [9.17, 15) is 0 Å². The van der Waals surface area contributed by atoms with Gasteiger partial charge in [0.1, 0.15) is 0 Å². The van der Waals surface area contributed by atoms with Crippen molar-refractivity contribution in [2.24, 2.45) is 5.92 Å². The van der Waals surface area contributed by atoms with Crippen molar-refractivity contribution in [2.75, 3.05) is 0 Å². The van der Waals surface area contributed by atoms with Gasteiger partial charge in [-0.25, -0.2) is 0 Å². The summed E-state index contributed by atoms with van der Waals surface area (Å²) in [6, 6.07) is 0. The molecule has 0 aromatic heterocycles. The zero-order chi connectivity index (χ0) is 9.19. The van der Waals surface area contributed by atoms with Crippen LogP contribution in [0.25, 0.3) is 0 Å². The van der Waals surface area contributed by atoms with E-state index in [1.54, 1.807) is 0 Å². The van der Waals surface area contributed by atoms with Crippen LogP contribution in [0, 0.1) is 5.92 Å². The summed E-state index contributed by atoms with van der Waals surface area (Å²) in [4.78, 5) is 0. The van der Waals surface area contributed by atoms with E-state index in [1.807, 2.05) is 0 Å². The van der Waals surface area contributed by atoms with Crippen LogP contribution in [-0.4, -0.2) is 8.32 Å². The fourth-order valence-electron chi connectivity index (χ4n) is 1.56. The Morgan fingerprint density at radius 2 is 2.08 bits per heavy atom. The second kappa shape index (κ2) is 3.65. The van der Waals surface area contributed by atoms with E-state index in [-0.39, 0.29) is 0 Å². The smallest absolute Gasteiger partial charge is 0.241 e. The zero-order valence-corrected chi connectivity index (χ0v) is 9.68. The maximum absolute atomic E-state index is 5.95. The second-order valence-electron chi connectivity index (χ2n) is 4.72. The molecule has 1 nitrogen and oxygen atoms in total. The van der Waals surface area contributed by atoms with Gasteiger partial charge in [-0.1, -0.05) is 6.92 Å². The average molecular weight is 184 g/mol. The molecule has 12 heavy (non-hydrogen) atoms. The molecule has 0 unspecified atom stereocenters. The number of hydrogen-bond acceptors (Lipinski definition) is 1. The first-order valence-electron chi connectivity index (χ1n) is 4.87. The molecule has 0 N–H and O–H groups in total. The fourth-order valence-corrected chi connectivity index (χ4v) is 2.52. The summed E-state index contributed by atoms with van der Waals surface area (Å²) in [6.45, 7) is 9.00. The Morgan fingerprint density at radius 3 is 2.58 bits per heavy atom. The molecule has 70 valence electrons. The Hall–Kier alpha value is -0.243. The fraction of sp³-hybridized carbons (Fsp3) is 0.800. The first kappa shape index (κ1) is 9.84. The molecule has 1 aliphatic carbocycles. The van der Waals surface area contributed by atoms with Crippen molar-refractivity contribution >= 4 is 8.32 Å². The molecule has 0 heterocycles. The molecule has 0 aromatic carbocycles. The van der Waals surface area contributed by atoms with Crippen LogP contribution in [0.15, 0.2) is 11.8 Å². The van der Waals surface area contributed by atoms with Gasteiger partial charge in [0.2, 0.25) is 8.32 Å². The number of allylic oxidation sites excluding steroid dienone is 2. The van der Waals surface area contributed by atoms with Crippen LogP contribution >= 0.6 is 0 Å². The van der Waals surface area contributed by atoms with Crippen molar-refractivity contribution in [1.82, 2.24) is 0 Å². The maximum Gasteiger partial charge on any atom is 0.241 e. The van der Waals surface area contributed by atoms with E-state index >= 15 is 0 Å². The third-order valence-electron chi connectivity index (χ3n) is 1.99. The molecule has 0 saturated heterocycles. The minimum atomic E-state index is -1.34. The highest BCUT2D eigenvalue weighted by Crippen LogP contribution is 2.25. The van der Waals surface area contributed by atoms with E-state index in [2.05, 4.69) is 32.6 Å². The van der Waals surface area contributed by atoms with E-state index in [0.717, 1.165) is 12.3 Å². The lowest BCUT2D eigenvalue weighted by Gasteiger charge is -2.25. The molecule has 0 bridgehead atoms. The second-order valence-corrected chi connectivity index (χ2v) is 9.15. The van der Waals surface area contributed by atoms with Crippen molar-refractivity contribution in [3.05, 3.63) is 11.8 Å². The highest BCUT2D eigenvalue weighted by Gasteiger charge is 2.19. The molecule has 2 heteroatoms. The molecule has 0 aromatic rings. The molecule has 0 spiro atoms. The molecule has 0 fully saturated rings. The Morgan fingerprint density at radius 1 is 1.42 bits per heavy atom. The summed E-state index contributed by atoms with van der Waals surface area (Å²) >= 11 is 0. The van der Waals surface area contributed by atoms with Gasteiger partial charge in [0.15, 0.2) is 0 Å². The maximum atomic E-state index is 5.95. The van der Waals surface area contributed by atoms with Crippen molar-refractivity contribution < 1.29 is 4.43 Å². The summed E-state index contributed by atoms with van der Waals surface area (Å²) < 4.78 is 5.95. The molecule has 0 amide bonds. The summed E-state index contributed by atoms with van der Waals surface area (Å²) in [7, 11) is -1.34. The van der Waals surface area contributed by atoms with Gasteiger partial charge >= 0.3 is 0 Å². The van der Waals surface area contributed by atoms with Crippen LogP contribution in [0.5, 0.6) is 0 Å². The van der Waals surface area contributed by atoms with Crippen LogP contribution in [0.1, 0.15) is 26.2 Å². The predicted molar refractivity (Wildman–Crippen MR) is 55.5 cm³/mol. The van der Waals surface area contributed by atoms with Gasteiger partial charge in [0.25, 0.3) is 0 Å². The standard InChI is InChI=1S/C10H20OSi/c1-9-6-5-7-10(8-9)11-12(2,3)4/h8-9H,5-7H2,1-4H3/t9-/m0/s1. The molecule has 1 aliphatic rings. The van der Waals surface area contributed by atoms with E-state index in [1.165, 1.54) is 18.6 Å². The first-order chi connectivity index (χ1) is 5.47. The number of rotatable bonds is 2. The molecule has 1 atom stereocenters. The van der Waals surface area contributed by atoms with Gasteiger partial charge in [-0.05, 0) is 44.5 Å². The van der Waals surface area contributed by atoms with Gasteiger partial charge in [0, 0.05) is 6.42 Å². The van der Waals surface area contributed by atoms with Gasteiger partial charge < -0.3 is 4.43 Å². The van der Waals surface area contributed by atoms with Crippen LogP contribution in [-0.2, 0) is 4.43 Å². The molecule has 0 saturated carbocycles. The number of hydrogen-bond donors (Lipinski definition) is 0. The first-order valence-corrected chi connectivity index (χ1v) is 8.28. The van der Waals surface area contributed by atoms with E-state index in [0.29, 0.717) is 0 Å². The monoisotopic (exact) mass is 184 g/mol. The summed E-state index contributed by atoms with van der Waals surface area (Å²) in [5.41, 5.74) is 0. The SMILES string of the molecule is C[C@@H]1C=C(O[Si](C)(C)C)CCC1. The van der Waals surface area contributed by atoms with Crippen LogP contribution < -0.4 is 0 Å². The normalized spacial score (nSPS) is 25.0. The molecule has 0 radical (unpaired) electrons. The quantitative estimate of drug-likeness (QED) is 0.596. The molecule has 0 aliphatic heterocycles. The van der Waals surface area contributed by atoms with Gasteiger partial charge in [0.05, 0.1) is 5.76 Å². The largest absolute Gasteiger partial charge is 0.548 e. The van der Waals surface area contributed by atoms with Crippen LogP contribution in [0.4, 0.5) is 0 Å². The van der Waals surface area contributed by atoms with Crippen molar-refractivity contribution in [2.45, 2.75) is 45.8 Å². The Bertz CT molecular complexity index is 179.